The van der Waals surface area contributed by atoms with Crippen molar-refractivity contribution in [2.75, 3.05) is 47.5 Å². The average Bonchev–Trinajstić information content (AvgIpc) is 2.73. The predicted octanol–water partition coefficient (Wildman–Crippen LogP) is 4.44. The third kappa shape index (κ3) is 21.8. The minimum atomic E-state index is -4.50. The zero-order chi connectivity index (χ0) is 25.2. The zero-order valence-electron chi connectivity index (χ0n) is 21.8. The fourth-order valence-electron chi connectivity index (χ4n) is 3.24. The topological polar surface area (TPSA) is 105 Å². The molecule has 0 saturated heterocycles. The number of likely N-dealkylation sites (N-methyl/N-ethyl adjacent to an activating group) is 1. The lowest BCUT2D eigenvalue weighted by Gasteiger charge is -2.27. The SMILES string of the molecule is CCCCCCCCCCCCCC(C)C(=O)OCC(O)COP(=O)([O-])OCC[N+](C)(C)C. The van der Waals surface area contributed by atoms with Gasteiger partial charge in [-0.25, -0.2) is 0 Å². The normalized spacial score (nSPS) is 15.7. The molecule has 0 aromatic carbocycles. The van der Waals surface area contributed by atoms with E-state index in [1.54, 1.807) is 0 Å². The third-order valence-corrected chi connectivity index (χ3v) is 6.46. The quantitative estimate of drug-likeness (QED) is 0.102. The highest BCUT2D eigenvalue weighted by atomic mass is 31.2. The lowest BCUT2D eigenvalue weighted by Crippen LogP contribution is -2.37. The average molecular weight is 496 g/mol. The van der Waals surface area contributed by atoms with Crippen molar-refractivity contribution in [3.05, 3.63) is 0 Å². The van der Waals surface area contributed by atoms with Gasteiger partial charge in [0.25, 0.3) is 7.82 Å². The Morgan fingerprint density at radius 3 is 1.94 bits per heavy atom. The fraction of sp³-hybridized carbons (Fsp3) is 0.958. The predicted molar refractivity (Wildman–Crippen MR) is 130 cm³/mol. The standard InChI is InChI=1S/C24H50NO7P/c1-6-7-8-9-10-11-12-13-14-15-16-17-22(2)24(27)30-20-23(26)21-32-33(28,29)31-19-18-25(3,4)5/h22-23,26H,6-21H2,1-5H3. The number of phosphoric acid groups is 1. The van der Waals surface area contributed by atoms with Crippen LogP contribution < -0.4 is 4.89 Å². The van der Waals surface area contributed by atoms with Gasteiger partial charge in [0.05, 0.1) is 33.7 Å². The number of phosphoric ester groups is 1. The molecule has 0 amide bonds. The highest BCUT2D eigenvalue weighted by Gasteiger charge is 2.19. The summed E-state index contributed by atoms with van der Waals surface area (Å²) in [4.78, 5) is 23.8. The molecule has 0 aliphatic rings. The summed E-state index contributed by atoms with van der Waals surface area (Å²) in [6, 6.07) is 0. The number of hydrogen-bond acceptors (Lipinski definition) is 7. The number of ether oxygens (including phenoxy) is 1. The largest absolute Gasteiger partial charge is 0.756 e. The van der Waals surface area contributed by atoms with Crippen molar-refractivity contribution in [1.29, 1.82) is 0 Å². The van der Waals surface area contributed by atoms with Gasteiger partial charge in [-0.15, -0.1) is 0 Å². The number of aliphatic hydroxyl groups excluding tert-OH is 1. The van der Waals surface area contributed by atoms with Crippen LogP contribution in [-0.2, 0) is 23.1 Å². The summed E-state index contributed by atoms with van der Waals surface area (Å²) >= 11 is 0. The number of esters is 1. The number of hydrogen-bond donors (Lipinski definition) is 1. The van der Waals surface area contributed by atoms with Gasteiger partial charge in [0.2, 0.25) is 0 Å². The van der Waals surface area contributed by atoms with Gasteiger partial charge >= 0.3 is 5.97 Å². The van der Waals surface area contributed by atoms with Crippen molar-refractivity contribution < 1.29 is 37.6 Å². The van der Waals surface area contributed by atoms with Gasteiger partial charge in [0, 0.05) is 0 Å². The molecule has 1 N–H and O–H groups in total. The van der Waals surface area contributed by atoms with Gasteiger partial charge in [0.1, 0.15) is 25.9 Å². The number of aliphatic hydroxyl groups is 1. The van der Waals surface area contributed by atoms with Crippen molar-refractivity contribution in [3.63, 3.8) is 0 Å². The molecule has 0 rings (SSSR count). The van der Waals surface area contributed by atoms with Crippen LogP contribution in [0.5, 0.6) is 0 Å². The highest BCUT2D eigenvalue weighted by molar-refractivity contribution is 7.45. The molecule has 0 spiro atoms. The van der Waals surface area contributed by atoms with Gasteiger partial charge in [-0.05, 0) is 6.42 Å². The Bertz CT molecular complexity index is 539. The first-order chi connectivity index (χ1) is 15.5. The highest BCUT2D eigenvalue weighted by Crippen LogP contribution is 2.38. The molecule has 9 heteroatoms. The minimum absolute atomic E-state index is 0.00801. The van der Waals surface area contributed by atoms with Crippen LogP contribution in [0.2, 0.25) is 0 Å². The van der Waals surface area contributed by atoms with Crippen LogP contribution in [0.1, 0.15) is 90.9 Å². The summed E-state index contributed by atoms with van der Waals surface area (Å²) in [5.74, 6) is -0.633. The Kier molecular flexibility index (Phi) is 18.5. The van der Waals surface area contributed by atoms with E-state index in [0.29, 0.717) is 11.0 Å². The summed E-state index contributed by atoms with van der Waals surface area (Å²) in [7, 11) is 1.24. The Morgan fingerprint density at radius 2 is 1.42 bits per heavy atom. The molecule has 0 aromatic rings. The van der Waals surface area contributed by atoms with E-state index in [1.165, 1.54) is 57.8 Å². The van der Waals surface area contributed by atoms with Crippen molar-refractivity contribution in [2.24, 2.45) is 5.92 Å². The molecule has 0 aliphatic carbocycles. The molecule has 33 heavy (non-hydrogen) atoms. The minimum Gasteiger partial charge on any atom is -0.756 e. The maximum atomic E-state index is 12.1. The van der Waals surface area contributed by atoms with Crippen molar-refractivity contribution in [3.8, 4) is 0 Å². The van der Waals surface area contributed by atoms with E-state index in [2.05, 4.69) is 11.4 Å². The molecule has 0 saturated carbocycles. The molecule has 0 aliphatic heterocycles. The summed E-state index contributed by atoms with van der Waals surface area (Å²) in [6.07, 6.45) is 13.4. The lowest BCUT2D eigenvalue weighted by atomic mass is 10.0. The van der Waals surface area contributed by atoms with Crippen LogP contribution in [0, 0.1) is 5.92 Å². The number of carbonyl (C=O) groups is 1. The number of rotatable bonds is 22. The zero-order valence-corrected chi connectivity index (χ0v) is 22.7. The van der Waals surface area contributed by atoms with Crippen molar-refractivity contribution in [2.45, 2.75) is 97.0 Å². The van der Waals surface area contributed by atoms with E-state index in [1.807, 2.05) is 28.1 Å². The molecule has 8 nitrogen and oxygen atoms in total. The molecule has 0 heterocycles. The van der Waals surface area contributed by atoms with Crippen LogP contribution in [-0.4, -0.2) is 69.2 Å². The molecule has 3 unspecified atom stereocenters. The molecule has 0 bridgehead atoms. The smallest absolute Gasteiger partial charge is 0.308 e. The Balaban J connectivity index is 3.77. The van der Waals surface area contributed by atoms with E-state index in [-0.39, 0.29) is 25.1 Å². The van der Waals surface area contributed by atoms with Gasteiger partial charge in [-0.2, -0.15) is 0 Å². The first-order valence-electron chi connectivity index (χ1n) is 12.7. The van der Waals surface area contributed by atoms with E-state index in [9.17, 15) is 19.4 Å². The maximum absolute atomic E-state index is 12.1. The van der Waals surface area contributed by atoms with Gasteiger partial charge < -0.3 is 28.3 Å². The molecule has 0 fully saturated rings. The molecule has 0 radical (unpaired) electrons. The first kappa shape index (κ1) is 32.5. The Morgan fingerprint density at radius 1 is 0.909 bits per heavy atom. The number of quaternary nitrogens is 1. The monoisotopic (exact) mass is 495 g/mol. The van der Waals surface area contributed by atoms with Crippen LogP contribution in [0.25, 0.3) is 0 Å². The summed E-state index contributed by atoms with van der Waals surface area (Å²) in [6.45, 7) is 3.72. The molecular weight excluding hydrogens is 445 g/mol. The summed E-state index contributed by atoms with van der Waals surface area (Å²) < 4.78 is 26.8. The molecule has 198 valence electrons. The van der Waals surface area contributed by atoms with Crippen LogP contribution in [0.15, 0.2) is 0 Å². The lowest BCUT2D eigenvalue weighted by molar-refractivity contribution is -0.870. The first-order valence-corrected chi connectivity index (χ1v) is 14.2. The summed E-state index contributed by atoms with van der Waals surface area (Å²) in [5.41, 5.74) is 0. The van der Waals surface area contributed by atoms with Crippen molar-refractivity contribution in [1.82, 2.24) is 0 Å². The third-order valence-electron chi connectivity index (χ3n) is 5.50. The van der Waals surface area contributed by atoms with Crippen LogP contribution >= 0.6 is 7.82 Å². The second-order valence-electron chi connectivity index (χ2n) is 10.1. The van der Waals surface area contributed by atoms with E-state index in [4.69, 9.17) is 9.26 Å². The molecular formula is C24H50NO7P. The van der Waals surface area contributed by atoms with Gasteiger partial charge in [-0.1, -0.05) is 84.5 Å². The van der Waals surface area contributed by atoms with Crippen molar-refractivity contribution >= 4 is 13.8 Å². The number of carbonyl (C=O) groups excluding carboxylic acids is 1. The second kappa shape index (κ2) is 18.8. The number of nitrogens with zero attached hydrogens (tertiary/aromatic N) is 1. The Labute approximate surface area is 202 Å². The Hall–Kier alpha value is -0.500. The number of unbranched alkanes of at least 4 members (excludes halogenated alkanes) is 10. The fourth-order valence-corrected chi connectivity index (χ4v) is 3.98. The second-order valence-corrected chi connectivity index (χ2v) is 11.5. The maximum Gasteiger partial charge on any atom is 0.308 e. The van der Waals surface area contributed by atoms with Gasteiger partial charge in [0.15, 0.2) is 0 Å². The van der Waals surface area contributed by atoms with E-state index >= 15 is 0 Å². The molecule has 3 atom stereocenters. The molecule has 0 aromatic heterocycles. The van der Waals surface area contributed by atoms with E-state index in [0.717, 1.165) is 19.3 Å². The summed E-state index contributed by atoms with van der Waals surface area (Å²) in [5, 5.41) is 9.85. The van der Waals surface area contributed by atoms with Crippen LogP contribution in [0.3, 0.4) is 0 Å². The van der Waals surface area contributed by atoms with Gasteiger partial charge in [-0.3, -0.25) is 9.36 Å². The van der Waals surface area contributed by atoms with E-state index < -0.39 is 20.5 Å². The van der Waals surface area contributed by atoms with Crippen LogP contribution in [0.4, 0.5) is 0 Å².